The van der Waals surface area contributed by atoms with Crippen LogP contribution in [0.2, 0.25) is 0 Å². The first-order chi connectivity index (χ1) is 8.15. The molecule has 1 heterocycles. The van der Waals surface area contributed by atoms with E-state index in [-0.39, 0.29) is 0 Å². The van der Waals surface area contributed by atoms with Crippen LogP contribution >= 0.6 is 22.6 Å². The van der Waals surface area contributed by atoms with Crippen LogP contribution in [0.3, 0.4) is 0 Å². The molecule has 0 atom stereocenters. The van der Waals surface area contributed by atoms with Crippen molar-refractivity contribution in [1.82, 2.24) is 9.78 Å². The van der Waals surface area contributed by atoms with E-state index in [1.165, 1.54) is 9.13 Å². The summed E-state index contributed by atoms with van der Waals surface area (Å²) in [7, 11) is 0. The van der Waals surface area contributed by atoms with Crippen LogP contribution in [0, 0.1) is 3.57 Å². The Morgan fingerprint density at radius 2 is 2.18 bits per heavy atom. The summed E-state index contributed by atoms with van der Waals surface area (Å²) in [6.07, 6.45) is 2.00. The maximum atomic E-state index is 4.45. The van der Waals surface area contributed by atoms with Gasteiger partial charge in [0.1, 0.15) is 5.82 Å². The number of rotatable bonds is 4. The van der Waals surface area contributed by atoms with Crippen LogP contribution in [0.4, 0.5) is 5.82 Å². The van der Waals surface area contributed by atoms with Gasteiger partial charge in [0.05, 0.1) is 0 Å². The number of benzene rings is 1. The predicted octanol–water partition coefficient (Wildman–Crippen LogP) is 3.68. The van der Waals surface area contributed by atoms with Crippen molar-refractivity contribution in [3.63, 3.8) is 0 Å². The zero-order chi connectivity index (χ0) is 12.3. The highest BCUT2D eigenvalue weighted by Crippen LogP contribution is 2.11. The van der Waals surface area contributed by atoms with Gasteiger partial charge in [-0.1, -0.05) is 12.1 Å². The molecule has 0 unspecified atom stereocenters. The Kier molecular flexibility index (Phi) is 4.04. The molecule has 0 bridgehead atoms. The molecule has 1 aromatic carbocycles. The summed E-state index contributed by atoms with van der Waals surface area (Å²) in [5.41, 5.74) is 1.27. The van der Waals surface area contributed by atoms with Crippen molar-refractivity contribution in [3.05, 3.63) is 45.7 Å². The summed E-state index contributed by atoms with van der Waals surface area (Å²) in [5.74, 6) is 0.928. The molecule has 0 saturated carbocycles. The average molecular weight is 341 g/mol. The number of anilines is 1. The number of aromatic nitrogens is 2. The number of hydrogen-bond acceptors (Lipinski definition) is 2. The van der Waals surface area contributed by atoms with E-state index in [4.69, 9.17) is 0 Å². The molecule has 0 radical (unpaired) electrons. The minimum absolute atomic E-state index is 0.406. The van der Waals surface area contributed by atoms with Gasteiger partial charge in [0.2, 0.25) is 0 Å². The third kappa shape index (κ3) is 3.46. The van der Waals surface area contributed by atoms with Gasteiger partial charge in [-0.15, -0.1) is 0 Å². The molecule has 3 nitrogen and oxygen atoms in total. The third-order valence-corrected chi connectivity index (χ3v) is 3.17. The van der Waals surface area contributed by atoms with Crippen LogP contribution in [-0.2, 0) is 6.54 Å². The maximum Gasteiger partial charge on any atom is 0.148 e. The minimum atomic E-state index is 0.406. The number of halogens is 1. The SMILES string of the molecule is CC(C)n1ccc(NCc2cccc(I)c2)n1. The van der Waals surface area contributed by atoms with Crippen molar-refractivity contribution in [2.75, 3.05) is 5.32 Å². The predicted molar refractivity (Wildman–Crippen MR) is 79.1 cm³/mol. The first-order valence-corrected chi connectivity index (χ1v) is 6.76. The standard InChI is InChI=1S/C13H16IN3/c1-10(2)17-7-6-13(16-17)15-9-11-4-3-5-12(14)8-11/h3-8,10H,9H2,1-2H3,(H,15,16). The lowest BCUT2D eigenvalue weighted by Crippen LogP contribution is -2.04. The largest absolute Gasteiger partial charge is 0.365 e. The normalized spacial score (nSPS) is 10.8. The minimum Gasteiger partial charge on any atom is -0.365 e. The molecule has 0 spiro atoms. The zero-order valence-corrected chi connectivity index (χ0v) is 12.2. The van der Waals surface area contributed by atoms with Gasteiger partial charge in [0, 0.05) is 28.4 Å². The smallest absolute Gasteiger partial charge is 0.148 e. The zero-order valence-electron chi connectivity index (χ0n) is 10.0. The molecule has 90 valence electrons. The molecule has 17 heavy (non-hydrogen) atoms. The Bertz CT molecular complexity index is 491. The first kappa shape index (κ1) is 12.4. The lowest BCUT2D eigenvalue weighted by atomic mass is 10.2. The van der Waals surface area contributed by atoms with Crippen LogP contribution in [0.15, 0.2) is 36.5 Å². The fourth-order valence-corrected chi connectivity index (χ4v) is 2.17. The summed E-state index contributed by atoms with van der Waals surface area (Å²) < 4.78 is 3.21. The van der Waals surface area contributed by atoms with Crippen LogP contribution < -0.4 is 5.32 Å². The van der Waals surface area contributed by atoms with E-state index in [1.54, 1.807) is 0 Å². The molecule has 0 aliphatic rings. The topological polar surface area (TPSA) is 29.9 Å². The van der Waals surface area contributed by atoms with Crippen molar-refractivity contribution < 1.29 is 0 Å². The average Bonchev–Trinajstić information content (AvgIpc) is 2.75. The lowest BCUT2D eigenvalue weighted by molar-refractivity contribution is 0.534. The number of nitrogens with one attached hydrogen (secondary N) is 1. The fourth-order valence-electron chi connectivity index (χ4n) is 1.56. The summed E-state index contributed by atoms with van der Waals surface area (Å²) in [5, 5.41) is 7.78. The Hall–Kier alpha value is -1.04. The van der Waals surface area contributed by atoms with Crippen molar-refractivity contribution in [3.8, 4) is 0 Å². The third-order valence-electron chi connectivity index (χ3n) is 2.50. The van der Waals surface area contributed by atoms with Crippen LogP contribution in [0.1, 0.15) is 25.5 Å². The highest BCUT2D eigenvalue weighted by molar-refractivity contribution is 14.1. The van der Waals surface area contributed by atoms with E-state index in [0.29, 0.717) is 6.04 Å². The number of nitrogens with zero attached hydrogens (tertiary/aromatic N) is 2. The van der Waals surface area contributed by atoms with Gasteiger partial charge >= 0.3 is 0 Å². The van der Waals surface area contributed by atoms with Crippen molar-refractivity contribution in [1.29, 1.82) is 0 Å². The van der Waals surface area contributed by atoms with Gasteiger partial charge in [-0.2, -0.15) is 5.10 Å². The van der Waals surface area contributed by atoms with Crippen molar-refractivity contribution in [2.24, 2.45) is 0 Å². The maximum absolute atomic E-state index is 4.45. The highest BCUT2D eigenvalue weighted by atomic mass is 127. The quantitative estimate of drug-likeness (QED) is 0.860. The molecular weight excluding hydrogens is 325 g/mol. The van der Waals surface area contributed by atoms with Gasteiger partial charge < -0.3 is 5.32 Å². The van der Waals surface area contributed by atoms with Crippen LogP contribution in [0.25, 0.3) is 0 Å². The number of hydrogen-bond donors (Lipinski definition) is 1. The fraction of sp³-hybridized carbons (Fsp3) is 0.308. The summed E-state index contributed by atoms with van der Waals surface area (Å²) in [6, 6.07) is 10.9. The molecule has 0 amide bonds. The molecule has 2 aromatic rings. The Labute approximate surface area is 115 Å². The molecule has 1 aromatic heterocycles. The summed E-state index contributed by atoms with van der Waals surface area (Å²) in [4.78, 5) is 0. The second-order valence-corrected chi connectivity index (χ2v) is 5.50. The molecule has 0 aliphatic heterocycles. The van der Waals surface area contributed by atoms with E-state index in [0.717, 1.165) is 12.4 Å². The van der Waals surface area contributed by atoms with Gasteiger partial charge in [0.25, 0.3) is 0 Å². The van der Waals surface area contributed by atoms with Gasteiger partial charge in [-0.3, -0.25) is 4.68 Å². The summed E-state index contributed by atoms with van der Waals surface area (Å²) in [6.45, 7) is 5.05. The van der Waals surface area contributed by atoms with E-state index >= 15 is 0 Å². The molecule has 0 fully saturated rings. The lowest BCUT2D eigenvalue weighted by Gasteiger charge is -2.05. The van der Waals surface area contributed by atoms with E-state index in [9.17, 15) is 0 Å². The Morgan fingerprint density at radius 1 is 1.35 bits per heavy atom. The molecule has 1 N–H and O–H groups in total. The van der Waals surface area contributed by atoms with Gasteiger partial charge in [0.15, 0.2) is 0 Å². The highest BCUT2D eigenvalue weighted by Gasteiger charge is 2.01. The van der Waals surface area contributed by atoms with Crippen molar-refractivity contribution >= 4 is 28.4 Å². The Morgan fingerprint density at radius 3 is 2.82 bits per heavy atom. The van der Waals surface area contributed by atoms with E-state index in [1.807, 2.05) is 16.9 Å². The first-order valence-electron chi connectivity index (χ1n) is 5.68. The molecule has 0 aliphatic carbocycles. The van der Waals surface area contributed by atoms with E-state index < -0.39 is 0 Å². The second kappa shape index (κ2) is 5.53. The molecule has 0 saturated heterocycles. The van der Waals surface area contributed by atoms with Crippen LogP contribution in [-0.4, -0.2) is 9.78 Å². The molecule has 4 heteroatoms. The molecule has 2 rings (SSSR count). The summed E-state index contributed by atoms with van der Waals surface area (Å²) >= 11 is 2.33. The van der Waals surface area contributed by atoms with Gasteiger partial charge in [-0.05, 0) is 54.1 Å². The molecular formula is C13H16IN3. The van der Waals surface area contributed by atoms with Gasteiger partial charge in [-0.25, -0.2) is 0 Å². The van der Waals surface area contributed by atoms with Crippen molar-refractivity contribution in [2.45, 2.75) is 26.4 Å². The Balaban J connectivity index is 1.97. The van der Waals surface area contributed by atoms with Crippen LogP contribution in [0.5, 0.6) is 0 Å². The van der Waals surface area contributed by atoms with E-state index in [2.05, 4.69) is 71.1 Å². The monoisotopic (exact) mass is 341 g/mol. The second-order valence-electron chi connectivity index (χ2n) is 4.26.